The van der Waals surface area contributed by atoms with Crippen molar-refractivity contribution in [2.75, 3.05) is 0 Å². The fraction of sp³-hybridized carbons (Fsp3) is 0.571. The smallest absolute Gasteiger partial charge is 0.126 e. The second kappa shape index (κ2) is 3.89. The van der Waals surface area contributed by atoms with Gasteiger partial charge in [0.2, 0.25) is 0 Å². The van der Waals surface area contributed by atoms with Crippen molar-refractivity contribution >= 4 is 11.6 Å². The van der Waals surface area contributed by atoms with E-state index in [0.29, 0.717) is 11.4 Å². The zero-order valence-corrected chi connectivity index (χ0v) is 10.7. The van der Waals surface area contributed by atoms with Crippen LogP contribution in [0.15, 0.2) is 18.2 Å². The molecule has 0 radical (unpaired) electrons. The largest absolute Gasteiger partial charge is 0.487 e. The molecule has 0 saturated heterocycles. The Balaban J connectivity index is 1.88. The Labute approximate surface area is 107 Å². The molecule has 1 fully saturated rings. The maximum absolute atomic E-state index is 10.2. The number of ether oxygens (including phenoxy) is 1. The summed E-state index contributed by atoms with van der Waals surface area (Å²) in [5.74, 6) is 1.58. The van der Waals surface area contributed by atoms with Crippen LogP contribution in [0.1, 0.15) is 44.3 Å². The van der Waals surface area contributed by atoms with Gasteiger partial charge in [-0.25, -0.2) is 0 Å². The van der Waals surface area contributed by atoms with Crippen molar-refractivity contribution in [1.29, 1.82) is 0 Å². The van der Waals surface area contributed by atoms with E-state index in [4.69, 9.17) is 16.3 Å². The van der Waals surface area contributed by atoms with Gasteiger partial charge >= 0.3 is 0 Å². The quantitative estimate of drug-likeness (QED) is 0.869. The highest BCUT2D eigenvalue weighted by Gasteiger charge is 2.40. The summed E-state index contributed by atoms with van der Waals surface area (Å²) in [6.45, 7) is 2.10. The van der Waals surface area contributed by atoms with Crippen molar-refractivity contribution in [1.82, 2.24) is 0 Å². The second-order valence-electron chi connectivity index (χ2n) is 5.60. The van der Waals surface area contributed by atoms with Gasteiger partial charge in [0, 0.05) is 17.0 Å². The van der Waals surface area contributed by atoms with Gasteiger partial charge in [0.25, 0.3) is 0 Å². The molecule has 1 aromatic carbocycles. The molecule has 92 valence electrons. The lowest BCUT2D eigenvalue weighted by Gasteiger charge is -2.38. The standard InChI is InChI=1S/C14H17ClO2/c1-14(7-9-2-3-9)8-12(16)11-6-10(15)4-5-13(11)17-14/h4-6,9,12,16H,2-3,7-8H2,1H3/t12-,14?/m1/s1. The summed E-state index contributed by atoms with van der Waals surface area (Å²) in [6, 6.07) is 5.49. The van der Waals surface area contributed by atoms with Gasteiger partial charge in [0.1, 0.15) is 11.4 Å². The van der Waals surface area contributed by atoms with E-state index >= 15 is 0 Å². The molecule has 0 spiro atoms. The van der Waals surface area contributed by atoms with E-state index in [0.717, 1.165) is 23.7 Å². The molecule has 1 aliphatic carbocycles. The van der Waals surface area contributed by atoms with E-state index in [2.05, 4.69) is 6.92 Å². The molecule has 0 amide bonds. The summed E-state index contributed by atoms with van der Waals surface area (Å²) < 4.78 is 6.08. The molecule has 1 saturated carbocycles. The average Bonchev–Trinajstić information content (AvgIpc) is 3.03. The minimum Gasteiger partial charge on any atom is -0.487 e. The number of rotatable bonds is 2. The van der Waals surface area contributed by atoms with E-state index < -0.39 is 6.10 Å². The van der Waals surface area contributed by atoms with Crippen LogP contribution in [0.3, 0.4) is 0 Å². The summed E-state index contributed by atoms with van der Waals surface area (Å²) >= 11 is 5.94. The van der Waals surface area contributed by atoms with Gasteiger partial charge in [-0.3, -0.25) is 0 Å². The summed E-state index contributed by atoms with van der Waals surface area (Å²) in [7, 11) is 0. The Morgan fingerprint density at radius 1 is 1.47 bits per heavy atom. The molecular formula is C14H17ClO2. The normalized spacial score (nSPS) is 31.8. The van der Waals surface area contributed by atoms with Gasteiger partial charge in [0.05, 0.1) is 6.10 Å². The number of aliphatic hydroxyl groups is 1. The van der Waals surface area contributed by atoms with Crippen molar-refractivity contribution in [3.8, 4) is 5.75 Å². The van der Waals surface area contributed by atoms with Crippen LogP contribution in [-0.4, -0.2) is 10.7 Å². The highest BCUT2D eigenvalue weighted by Crippen LogP contribution is 2.46. The lowest BCUT2D eigenvalue weighted by Crippen LogP contribution is -2.38. The molecule has 0 aromatic heterocycles. The van der Waals surface area contributed by atoms with Crippen LogP contribution < -0.4 is 4.74 Å². The zero-order chi connectivity index (χ0) is 12.0. The number of fused-ring (bicyclic) bond motifs is 1. The molecule has 2 atom stereocenters. The molecule has 3 heteroatoms. The SMILES string of the molecule is CC1(CC2CC2)C[C@@H](O)c2cc(Cl)ccc2O1. The summed E-state index contributed by atoms with van der Waals surface area (Å²) in [4.78, 5) is 0. The Hall–Kier alpha value is -0.730. The number of halogens is 1. The minimum atomic E-state index is -0.457. The number of hydrogen-bond donors (Lipinski definition) is 1. The predicted molar refractivity (Wildman–Crippen MR) is 67.4 cm³/mol. The third-order valence-electron chi connectivity index (χ3n) is 3.73. The minimum absolute atomic E-state index is 0.221. The van der Waals surface area contributed by atoms with Crippen LogP contribution in [0.25, 0.3) is 0 Å². The van der Waals surface area contributed by atoms with E-state index in [1.807, 2.05) is 12.1 Å². The highest BCUT2D eigenvalue weighted by molar-refractivity contribution is 6.30. The second-order valence-corrected chi connectivity index (χ2v) is 6.04. The number of aliphatic hydroxyl groups excluding tert-OH is 1. The van der Waals surface area contributed by atoms with Crippen molar-refractivity contribution < 1.29 is 9.84 Å². The van der Waals surface area contributed by atoms with Crippen molar-refractivity contribution in [3.63, 3.8) is 0 Å². The van der Waals surface area contributed by atoms with E-state index in [1.165, 1.54) is 12.8 Å². The fourth-order valence-corrected chi connectivity index (χ4v) is 2.94. The van der Waals surface area contributed by atoms with Crippen LogP contribution in [-0.2, 0) is 0 Å². The molecule has 17 heavy (non-hydrogen) atoms. The lowest BCUT2D eigenvalue weighted by molar-refractivity contribution is -0.0104. The molecule has 1 heterocycles. The molecule has 3 rings (SSSR count). The first-order valence-corrected chi connectivity index (χ1v) is 6.60. The molecule has 1 N–H and O–H groups in total. The van der Waals surface area contributed by atoms with Crippen LogP contribution in [0.2, 0.25) is 5.02 Å². The third-order valence-corrected chi connectivity index (χ3v) is 3.96. The van der Waals surface area contributed by atoms with Crippen LogP contribution in [0.4, 0.5) is 0 Å². The van der Waals surface area contributed by atoms with E-state index in [-0.39, 0.29) is 5.60 Å². The first-order chi connectivity index (χ1) is 8.06. The van der Waals surface area contributed by atoms with Crippen LogP contribution in [0.5, 0.6) is 5.75 Å². The zero-order valence-electron chi connectivity index (χ0n) is 9.95. The van der Waals surface area contributed by atoms with Gasteiger partial charge < -0.3 is 9.84 Å². The molecule has 1 unspecified atom stereocenters. The summed E-state index contributed by atoms with van der Waals surface area (Å²) in [5.41, 5.74) is 0.604. The molecule has 0 bridgehead atoms. The van der Waals surface area contributed by atoms with Crippen molar-refractivity contribution in [2.24, 2.45) is 5.92 Å². The van der Waals surface area contributed by atoms with E-state index in [1.54, 1.807) is 6.07 Å². The Kier molecular flexibility index (Phi) is 2.60. The first-order valence-electron chi connectivity index (χ1n) is 6.22. The topological polar surface area (TPSA) is 29.5 Å². The third kappa shape index (κ3) is 2.29. The number of hydrogen-bond acceptors (Lipinski definition) is 2. The molecule has 1 aromatic rings. The van der Waals surface area contributed by atoms with Gasteiger partial charge in [0.15, 0.2) is 0 Å². The molecule has 2 aliphatic rings. The maximum Gasteiger partial charge on any atom is 0.126 e. The van der Waals surface area contributed by atoms with E-state index in [9.17, 15) is 5.11 Å². The lowest BCUT2D eigenvalue weighted by atomic mass is 9.86. The van der Waals surface area contributed by atoms with Gasteiger partial charge in [-0.2, -0.15) is 0 Å². The highest BCUT2D eigenvalue weighted by atomic mass is 35.5. The van der Waals surface area contributed by atoms with Crippen LogP contribution >= 0.6 is 11.6 Å². The summed E-state index contributed by atoms with van der Waals surface area (Å²) in [6.07, 6.45) is 3.87. The van der Waals surface area contributed by atoms with Crippen molar-refractivity contribution in [2.45, 2.75) is 44.3 Å². The molecular weight excluding hydrogens is 236 g/mol. The average molecular weight is 253 g/mol. The van der Waals surface area contributed by atoms with Gasteiger partial charge in [-0.1, -0.05) is 24.4 Å². The Morgan fingerprint density at radius 3 is 2.94 bits per heavy atom. The van der Waals surface area contributed by atoms with Gasteiger partial charge in [-0.05, 0) is 37.5 Å². The molecule has 1 aliphatic heterocycles. The summed E-state index contributed by atoms with van der Waals surface area (Å²) in [5, 5.41) is 10.9. The number of benzene rings is 1. The van der Waals surface area contributed by atoms with Crippen LogP contribution in [0, 0.1) is 5.92 Å². The monoisotopic (exact) mass is 252 g/mol. The van der Waals surface area contributed by atoms with Crippen molar-refractivity contribution in [3.05, 3.63) is 28.8 Å². The predicted octanol–water partition coefficient (Wildman–Crippen LogP) is 3.71. The first kappa shape index (κ1) is 11.4. The molecule has 2 nitrogen and oxygen atoms in total. The maximum atomic E-state index is 10.2. The Morgan fingerprint density at radius 2 is 2.24 bits per heavy atom. The Bertz CT molecular complexity index is 442. The fourth-order valence-electron chi connectivity index (χ4n) is 2.76. The van der Waals surface area contributed by atoms with Gasteiger partial charge in [-0.15, -0.1) is 0 Å².